The second-order valence-electron chi connectivity index (χ2n) is 6.55. The maximum atomic E-state index is 12.5. The van der Waals surface area contributed by atoms with Gasteiger partial charge in [-0.1, -0.05) is 24.3 Å². The third kappa shape index (κ3) is 4.65. The van der Waals surface area contributed by atoms with Crippen molar-refractivity contribution in [2.45, 2.75) is 13.5 Å². The van der Waals surface area contributed by atoms with Crippen LogP contribution in [0.1, 0.15) is 5.56 Å². The number of carbonyl (C=O) groups excluding carboxylic acids is 2. The van der Waals surface area contributed by atoms with Gasteiger partial charge in [-0.3, -0.25) is 10.2 Å². The first kappa shape index (κ1) is 18.5. The average Bonchev–Trinajstić information content (AvgIpc) is 2.90. The number of nitrogens with zero attached hydrogens (tertiary/aromatic N) is 2. The van der Waals surface area contributed by atoms with Crippen molar-refractivity contribution in [1.82, 2.24) is 15.0 Å². The number of para-hydroxylation sites is 1. The molecule has 7 heteroatoms. The number of hydrogen-bond donors (Lipinski definition) is 3. The van der Waals surface area contributed by atoms with E-state index >= 15 is 0 Å². The van der Waals surface area contributed by atoms with Crippen molar-refractivity contribution in [3.63, 3.8) is 0 Å². The molecule has 0 aliphatic carbocycles. The number of aromatic nitrogens is 1. The largest absolute Gasteiger partial charge is 0.338 e. The molecule has 0 fully saturated rings. The first-order valence-corrected chi connectivity index (χ1v) is 8.62. The normalized spacial score (nSPS) is 10.8. The van der Waals surface area contributed by atoms with Crippen LogP contribution in [0.5, 0.6) is 0 Å². The standard InChI is InChI=1S/C20H23N5O2/c1-14-12-25(18-10-5-4-9-17(14)18)13-19(26)21-15-7-6-8-16(11-15)22-20(27)23-24(2)3/h4-12H,13H2,1-3H3,(H,21,26)(H2,22,23,27). The van der Waals surface area contributed by atoms with E-state index in [2.05, 4.69) is 16.1 Å². The van der Waals surface area contributed by atoms with Gasteiger partial charge >= 0.3 is 6.03 Å². The number of aryl methyl sites for hydroxylation is 1. The number of hydrogen-bond acceptors (Lipinski definition) is 3. The Bertz CT molecular complexity index is 977. The lowest BCUT2D eigenvalue weighted by Gasteiger charge is -2.13. The van der Waals surface area contributed by atoms with Crippen LogP contribution < -0.4 is 16.1 Å². The number of rotatable bonds is 5. The summed E-state index contributed by atoms with van der Waals surface area (Å²) in [5, 5.41) is 8.28. The Morgan fingerprint density at radius 2 is 1.70 bits per heavy atom. The lowest BCUT2D eigenvalue weighted by Crippen LogP contribution is -2.39. The Morgan fingerprint density at radius 1 is 1.00 bits per heavy atom. The SMILES string of the molecule is Cc1cn(CC(=O)Nc2cccc(NC(=O)NN(C)C)c2)c2ccccc12. The van der Waals surface area contributed by atoms with Crippen LogP contribution in [0.25, 0.3) is 10.9 Å². The maximum absolute atomic E-state index is 12.5. The highest BCUT2D eigenvalue weighted by Crippen LogP contribution is 2.21. The molecule has 140 valence electrons. The summed E-state index contributed by atoms with van der Waals surface area (Å²) in [5.74, 6) is -0.134. The minimum Gasteiger partial charge on any atom is -0.338 e. The van der Waals surface area contributed by atoms with Crippen molar-refractivity contribution in [3.05, 3.63) is 60.3 Å². The zero-order chi connectivity index (χ0) is 19.4. The van der Waals surface area contributed by atoms with Gasteiger partial charge < -0.3 is 15.2 Å². The van der Waals surface area contributed by atoms with Gasteiger partial charge in [-0.25, -0.2) is 9.80 Å². The van der Waals surface area contributed by atoms with E-state index in [9.17, 15) is 9.59 Å². The molecule has 3 aromatic rings. The van der Waals surface area contributed by atoms with Gasteiger partial charge in [0.1, 0.15) is 6.54 Å². The van der Waals surface area contributed by atoms with Crippen molar-refractivity contribution >= 4 is 34.2 Å². The van der Waals surface area contributed by atoms with E-state index < -0.39 is 0 Å². The zero-order valence-corrected chi connectivity index (χ0v) is 15.6. The summed E-state index contributed by atoms with van der Waals surface area (Å²) in [5.41, 5.74) is 5.97. The second kappa shape index (κ2) is 7.92. The molecule has 0 aliphatic rings. The maximum Gasteiger partial charge on any atom is 0.333 e. The van der Waals surface area contributed by atoms with Crippen LogP contribution in [0.15, 0.2) is 54.7 Å². The van der Waals surface area contributed by atoms with Gasteiger partial charge in [-0.15, -0.1) is 0 Å². The zero-order valence-electron chi connectivity index (χ0n) is 15.6. The fourth-order valence-corrected chi connectivity index (χ4v) is 2.95. The molecule has 0 saturated heterocycles. The summed E-state index contributed by atoms with van der Waals surface area (Å²) in [6.07, 6.45) is 1.98. The van der Waals surface area contributed by atoms with Crippen LogP contribution in [0.2, 0.25) is 0 Å². The Hall–Kier alpha value is -3.32. The highest BCUT2D eigenvalue weighted by molar-refractivity contribution is 5.94. The van der Waals surface area contributed by atoms with Crippen molar-refractivity contribution < 1.29 is 9.59 Å². The van der Waals surface area contributed by atoms with E-state index in [0.717, 1.165) is 16.5 Å². The molecule has 0 atom stereocenters. The van der Waals surface area contributed by atoms with E-state index in [0.29, 0.717) is 11.4 Å². The minimum absolute atomic E-state index is 0.134. The monoisotopic (exact) mass is 365 g/mol. The van der Waals surface area contributed by atoms with Gasteiger partial charge in [0.05, 0.1) is 0 Å². The first-order valence-electron chi connectivity index (χ1n) is 8.62. The second-order valence-corrected chi connectivity index (χ2v) is 6.55. The predicted molar refractivity (Wildman–Crippen MR) is 108 cm³/mol. The number of amides is 3. The number of carbonyl (C=O) groups is 2. The molecule has 0 radical (unpaired) electrons. The fourth-order valence-electron chi connectivity index (χ4n) is 2.95. The summed E-state index contributed by atoms with van der Waals surface area (Å²) in [7, 11) is 3.45. The fraction of sp³-hybridized carbons (Fsp3) is 0.200. The minimum atomic E-state index is -0.349. The highest BCUT2D eigenvalue weighted by atomic mass is 16.2. The molecule has 3 rings (SSSR count). The summed E-state index contributed by atoms with van der Waals surface area (Å²) >= 11 is 0. The highest BCUT2D eigenvalue weighted by Gasteiger charge is 2.10. The summed E-state index contributed by atoms with van der Waals surface area (Å²) in [6, 6.07) is 14.7. The van der Waals surface area contributed by atoms with Crippen molar-refractivity contribution in [2.75, 3.05) is 24.7 Å². The van der Waals surface area contributed by atoms with Gasteiger partial charge in [-0.05, 0) is 36.8 Å². The topological polar surface area (TPSA) is 78.4 Å². The molecule has 0 aliphatic heterocycles. The average molecular weight is 365 g/mol. The predicted octanol–water partition coefficient (Wildman–Crippen LogP) is 3.19. The van der Waals surface area contributed by atoms with E-state index in [-0.39, 0.29) is 18.5 Å². The van der Waals surface area contributed by atoms with Crippen LogP contribution in [0.3, 0.4) is 0 Å². The smallest absolute Gasteiger partial charge is 0.333 e. The molecule has 0 bridgehead atoms. The Morgan fingerprint density at radius 3 is 2.44 bits per heavy atom. The molecule has 3 N–H and O–H groups in total. The molecule has 7 nitrogen and oxygen atoms in total. The molecule has 0 spiro atoms. The molecule has 0 saturated carbocycles. The Labute approximate surface area is 157 Å². The quantitative estimate of drug-likeness (QED) is 0.608. The molecule has 1 heterocycles. The lowest BCUT2D eigenvalue weighted by atomic mass is 10.2. The van der Waals surface area contributed by atoms with Crippen molar-refractivity contribution in [2.24, 2.45) is 0 Å². The van der Waals surface area contributed by atoms with E-state index in [1.165, 1.54) is 0 Å². The number of nitrogens with one attached hydrogen (secondary N) is 3. The number of benzene rings is 2. The summed E-state index contributed by atoms with van der Waals surface area (Å²) in [4.78, 5) is 24.2. The molecule has 2 aromatic carbocycles. The van der Waals surface area contributed by atoms with Gasteiger partial charge in [0, 0.05) is 42.6 Å². The molecular formula is C20H23N5O2. The molecule has 0 unspecified atom stereocenters. The van der Waals surface area contributed by atoms with Gasteiger partial charge in [-0.2, -0.15) is 0 Å². The number of fused-ring (bicyclic) bond motifs is 1. The Balaban J connectivity index is 1.67. The van der Waals surface area contributed by atoms with Crippen LogP contribution in [-0.2, 0) is 11.3 Å². The van der Waals surface area contributed by atoms with Gasteiger partial charge in [0.2, 0.25) is 5.91 Å². The Kier molecular flexibility index (Phi) is 5.42. The lowest BCUT2D eigenvalue weighted by molar-refractivity contribution is -0.116. The molecule has 1 aromatic heterocycles. The first-order chi connectivity index (χ1) is 12.9. The van der Waals surface area contributed by atoms with E-state index in [1.54, 1.807) is 43.4 Å². The summed E-state index contributed by atoms with van der Waals surface area (Å²) in [6.45, 7) is 2.25. The number of anilines is 2. The van der Waals surface area contributed by atoms with Crippen molar-refractivity contribution in [1.29, 1.82) is 0 Å². The third-order valence-electron chi connectivity index (χ3n) is 4.03. The van der Waals surface area contributed by atoms with Crippen LogP contribution in [-0.4, -0.2) is 35.6 Å². The van der Waals surface area contributed by atoms with Crippen LogP contribution in [0, 0.1) is 6.92 Å². The van der Waals surface area contributed by atoms with Crippen molar-refractivity contribution in [3.8, 4) is 0 Å². The third-order valence-corrected chi connectivity index (χ3v) is 4.03. The van der Waals surface area contributed by atoms with Crippen LogP contribution >= 0.6 is 0 Å². The summed E-state index contributed by atoms with van der Waals surface area (Å²) < 4.78 is 1.94. The van der Waals surface area contributed by atoms with E-state index in [1.807, 2.05) is 42.0 Å². The number of urea groups is 1. The van der Waals surface area contributed by atoms with E-state index in [4.69, 9.17) is 0 Å². The van der Waals surface area contributed by atoms with Gasteiger partial charge in [0.25, 0.3) is 0 Å². The molecular weight excluding hydrogens is 342 g/mol. The van der Waals surface area contributed by atoms with Gasteiger partial charge in [0.15, 0.2) is 0 Å². The number of hydrazine groups is 1. The molecule has 3 amide bonds. The van der Waals surface area contributed by atoms with Crippen LogP contribution in [0.4, 0.5) is 16.2 Å². The molecule has 27 heavy (non-hydrogen) atoms.